The first-order valence-electron chi connectivity index (χ1n) is 13.7. The lowest BCUT2D eigenvalue weighted by Crippen LogP contribution is -2.35. The molecule has 42 heavy (non-hydrogen) atoms. The van der Waals surface area contributed by atoms with Crippen LogP contribution in [-0.4, -0.2) is 42.0 Å². The number of fused-ring (bicyclic) bond motifs is 1. The highest BCUT2D eigenvalue weighted by Gasteiger charge is 2.37. The highest BCUT2D eigenvalue weighted by molar-refractivity contribution is 6.12. The number of ether oxygens (including phenoxy) is 1. The second-order valence-corrected chi connectivity index (χ2v) is 10.4. The van der Waals surface area contributed by atoms with Crippen LogP contribution in [0.25, 0.3) is 33.4 Å². The van der Waals surface area contributed by atoms with Gasteiger partial charge in [-0.3, -0.25) is 14.5 Å². The lowest BCUT2D eigenvalue weighted by Gasteiger charge is -2.22. The normalized spacial score (nSPS) is 12.8. The van der Waals surface area contributed by atoms with Crippen LogP contribution in [0.2, 0.25) is 0 Å². The quantitative estimate of drug-likeness (QED) is 0.243. The van der Waals surface area contributed by atoms with Crippen molar-refractivity contribution >= 4 is 28.7 Å². The molecule has 6 rings (SSSR count). The Labute approximate surface area is 242 Å². The lowest BCUT2D eigenvalue weighted by molar-refractivity contribution is 0.0961. The number of hydrogen-bond acceptors (Lipinski definition) is 6. The summed E-state index contributed by atoms with van der Waals surface area (Å²) >= 11 is 0. The summed E-state index contributed by atoms with van der Waals surface area (Å²) in [5.41, 5.74) is 5.08. The summed E-state index contributed by atoms with van der Waals surface area (Å²) in [5.74, 6) is 0.222. The minimum atomic E-state index is -0.381. The molecule has 0 bridgehead atoms. The Morgan fingerprint density at radius 2 is 1.76 bits per heavy atom. The average Bonchev–Trinajstić information content (AvgIpc) is 3.75. The SMILES string of the molecule is CNC(=O)c1c(-c2ccc(F)cc2)oc2ccc(-c3cc(C(=O)N(c4nccc(C)n4)C4CC4)c(OC)cc3C)cc12. The first-order valence-corrected chi connectivity index (χ1v) is 13.7. The van der Waals surface area contributed by atoms with Crippen molar-refractivity contribution in [1.29, 1.82) is 0 Å². The molecule has 9 heteroatoms. The van der Waals surface area contributed by atoms with E-state index in [-0.39, 0.29) is 23.7 Å². The fraction of sp³-hybridized carbons (Fsp3) is 0.212. The zero-order chi connectivity index (χ0) is 29.5. The van der Waals surface area contributed by atoms with Gasteiger partial charge in [-0.25, -0.2) is 14.4 Å². The standard InChI is InChI=1S/C33H29FN4O4/c1-18-15-28(41-4)26(32(40)38(23-10-11-23)33-36-14-13-19(2)37-33)17-24(18)21-7-12-27-25(16-21)29(31(39)35-3)30(42-27)20-5-8-22(34)9-6-20/h5-9,12-17,23H,10-11H2,1-4H3,(H,35,39). The van der Waals surface area contributed by atoms with E-state index in [0.29, 0.717) is 45.1 Å². The lowest BCUT2D eigenvalue weighted by atomic mass is 9.95. The summed E-state index contributed by atoms with van der Waals surface area (Å²) < 4.78 is 25.4. The van der Waals surface area contributed by atoms with Crippen LogP contribution in [0.1, 0.15) is 44.8 Å². The van der Waals surface area contributed by atoms with Crippen molar-refractivity contribution in [3.05, 3.63) is 95.1 Å². The zero-order valence-corrected chi connectivity index (χ0v) is 23.7. The van der Waals surface area contributed by atoms with Crippen LogP contribution in [0, 0.1) is 19.7 Å². The molecule has 2 amide bonds. The van der Waals surface area contributed by atoms with Gasteiger partial charge in [0.25, 0.3) is 11.8 Å². The molecule has 1 aliphatic rings. The molecule has 0 saturated heterocycles. The van der Waals surface area contributed by atoms with E-state index >= 15 is 0 Å². The van der Waals surface area contributed by atoms with E-state index < -0.39 is 0 Å². The van der Waals surface area contributed by atoms with E-state index in [1.54, 1.807) is 49.5 Å². The highest BCUT2D eigenvalue weighted by atomic mass is 19.1. The summed E-state index contributed by atoms with van der Waals surface area (Å²) in [7, 11) is 3.09. The van der Waals surface area contributed by atoms with E-state index in [0.717, 1.165) is 35.2 Å². The largest absolute Gasteiger partial charge is 0.496 e. The number of carbonyl (C=O) groups excluding carboxylic acids is 2. The van der Waals surface area contributed by atoms with Gasteiger partial charge in [0.15, 0.2) is 0 Å². The third-order valence-corrected chi connectivity index (χ3v) is 7.46. The molecule has 2 heterocycles. The van der Waals surface area contributed by atoms with Crippen LogP contribution in [0.3, 0.4) is 0 Å². The molecule has 0 atom stereocenters. The maximum absolute atomic E-state index is 14.1. The third kappa shape index (κ3) is 4.87. The monoisotopic (exact) mass is 564 g/mol. The molecule has 1 N–H and O–H groups in total. The van der Waals surface area contributed by atoms with E-state index in [1.807, 2.05) is 38.1 Å². The zero-order valence-electron chi connectivity index (χ0n) is 23.7. The Kier molecular flexibility index (Phi) is 6.94. The number of nitrogens with zero attached hydrogens (tertiary/aromatic N) is 3. The minimum absolute atomic E-state index is 0.0241. The van der Waals surface area contributed by atoms with Crippen LogP contribution in [0.15, 0.2) is 71.3 Å². The molecular weight excluding hydrogens is 535 g/mol. The first-order chi connectivity index (χ1) is 20.3. The number of anilines is 1. The predicted octanol–water partition coefficient (Wildman–Crippen LogP) is 6.49. The third-order valence-electron chi connectivity index (χ3n) is 7.46. The number of nitrogens with one attached hydrogen (secondary N) is 1. The maximum Gasteiger partial charge on any atom is 0.264 e. The van der Waals surface area contributed by atoms with Crippen LogP contribution in [0.5, 0.6) is 5.75 Å². The van der Waals surface area contributed by atoms with Gasteiger partial charge in [0.05, 0.1) is 18.2 Å². The Morgan fingerprint density at radius 1 is 1.02 bits per heavy atom. The number of hydrogen-bond donors (Lipinski definition) is 1. The van der Waals surface area contributed by atoms with Gasteiger partial charge in [0.2, 0.25) is 5.95 Å². The van der Waals surface area contributed by atoms with E-state index in [2.05, 4.69) is 15.3 Å². The molecule has 1 fully saturated rings. The van der Waals surface area contributed by atoms with Crippen molar-refractivity contribution in [3.63, 3.8) is 0 Å². The van der Waals surface area contributed by atoms with Crippen LogP contribution in [0.4, 0.5) is 10.3 Å². The fourth-order valence-corrected chi connectivity index (χ4v) is 5.18. The van der Waals surface area contributed by atoms with Gasteiger partial charge in [-0.05, 0) is 98.0 Å². The minimum Gasteiger partial charge on any atom is -0.496 e. The molecule has 0 aliphatic heterocycles. The summed E-state index contributed by atoms with van der Waals surface area (Å²) in [6.45, 7) is 3.81. The Hall–Kier alpha value is -5.05. The number of carbonyl (C=O) groups is 2. The predicted molar refractivity (Wildman–Crippen MR) is 158 cm³/mol. The van der Waals surface area contributed by atoms with Crippen molar-refractivity contribution in [1.82, 2.24) is 15.3 Å². The summed E-state index contributed by atoms with van der Waals surface area (Å²) in [6, 6.07) is 16.9. The molecule has 212 valence electrons. The molecule has 0 spiro atoms. The number of aromatic nitrogens is 2. The summed E-state index contributed by atoms with van der Waals surface area (Å²) in [4.78, 5) is 37.7. The second kappa shape index (κ2) is 10.7. The Bertz CT molecular complexity index is 1840. The topological polar surface area (TPSA) is 97.6 Å². The second-order valence-electron chi connectivity index (χ2n) is 10.4. The number of amides is 2. The van der Waals surface area contributed by atoms with E-state index in [4.69, 9.17) is 9.15 Å². The van der Waals surface area contributed by atoms with Crippen molar-refractivity contribution in [2.75, 3.05) is 19.1 Å². The molecular formula is C33H29FN4O4. The first kappa shape index (κ1) is 27.1. The maximum atomic E-state index is 14.1. The van der Waals surface area contributed by atoms with Crippen molar-refractivity contribution in [2.45, 2.75) is 32.7 Å². The van der Waals surface area contributed by atoms with Crippen molar-refractivity contribution in [2.24, 2.45) is 0 Å². The van der Waals surface area contributed by atoms with Gasteiger partial charge in [-0.15, -0.1) is 0 Å². The van der Waals surface area contributed by atoms with Gasteiger partial charge in [0, 0.05) is 35.9 Å². The van der Waals surface area contributed by atoms with Gasteiger partial charge in [0.1, 0.15) is 22.9 Å². The smallest absolute Gasteiger partial charge is 0.264 e. The summed E-state index contributed by atoms with van der Waals surface area (Å²) in [5, 5.41) is 3.29. The van der Waals surface area contributed by atoms with Crippen molar-refractivity contribution in [3.8, 4) is 28.2 Å². The molecule has 3 aromatic carbocycles. The van der Waals surface area contributed by atoms with Gasteiger partial charge < -0.3 is 14.5 Å². The molecule has 2 aromatic heterocycles. The molecule has 5 aromatic rings. The number of aryl methyl sites for hydroxylation is 2. The van der Waals surface area contributed by atoms with Crippen LogP contribution >= 0.6 is 0 Å². The number of rotatable bonds is 7. The average molecular weight is 565 g/mol. The molecule has 1 aliphatic carbocycles. The van der Waals surface area contributed by atoms with Gasteiger partial charge in [-0.2, -0.15) is 0 Å². The molecule has 8 nitrogen and oxygen atoms in total. The van der Waals surface area contributed by atoms with E-state index in [9.17, 15) is 14.0 Å². The summed E-state index contributed by atoms with van der Waals surface area (Å²) in [6.07, 6.45) is 3.41. The number of furan rings is 1. The number of benzene rings is 3. The number of halogens is 1. The highest BCUT2D eigenvalue weighted by Crippen LogP contribution is 2.39. The van der Waals surface area contributed by atoms with E-state index in [1.165, 1.54) is 12.1 Å². The molecule has 0 radical (unpaired) electrons. The Balaban J connectivity index is 1.48. The van der Waals surface area contributed by atoms with Crippen LogP contribution < -0.4 is 15.0 Å². The van der Waals surface area contributed by atoms with Crippen LogP contribution in [-0.2, 0) is 0 Å². The van der Waals surface area contributed by atoms with Crippen molar-refractivity contribution < 1.29 is 23.1 Å². The fourth-order valence-electron chi connectivity index (χ4n) is 5.18. The Morgan fingerprint density at radius 3 is 2.43 bits per heavy atom. The number of methoxy groups -OCH3 is 1. The van der Waals surface area contributed by atoms with Gasteiger partial charge >= 0.3 is 0 Å². The van der Waals surface area contributed by atoms with Gasteiger partial charge in [-0.1, -0.05) is 6.07 Å². The molecule has 0 unspecified atom stereocenters. The molecule has 1 saturated carbocycles.